The number of carbonyl (C=O) groups is 2. The number of hydrogen-bond donors (Lipinski definition) is 2. The van der Waals surface area contributed by atoms with Crippen molar-refractivity contribution in [3.63, 3.8) is 0 Å². The molecule has 0 unspecified atom stereocenters. The summed E-state index contributed by atoms with van der Waals surface area (Å²) in [5, 5.41) is 6.50. The number of hydrogen-bond acceptors (Lipinski definition) is 5. The molecule has 1 heterocycles. The Bertz CT molecular complexity index is 699. The van der Waals surface area contributed by atoms with Gasteiger partial charge < -0.3 is 20.1 Å². The fourth-order valence-electron chi connectivity index (χ4n) is 2.17. The van der Waals surface area contributed by atoms with E-state index >= 15 is 0 Å². The quantitative estimate of drug-likeness (QED) is 0.563. The van der Waals surface area contributed by atoms with Gasteiger partial charge in [0.1, 0.15) is 4.88 Å². The molecule has 0 spiro atoms. The van der Waals surface area contributed by atoms with Crippen molar-refractivity contribution in [3.8, 4) is 0 Å². The lowest BCUT2D eigenvalue weighted by atomic mass is 10.2. The summed E-state index contributed by atoms with van der Waals surface area (Å²) in [5.41, 5.74) is 0.685. The zero-order valence-electron chi connectivity index (χ0n) is 13.9. The summed E-state index contributed by atoms with van der Waals surface area (Å²) < 4.78 is 10.9. The average Bonchev–Trinajstić information content (AvgIpc) is 2.98. The molecular formula is C17H22N2O4S. The lowest BCUT2D eigenvalue weighted by Gasteiger charge is -2.07. The van der Waals surface area contributed by atoms with Gasteiger partial charge in [-0.2, -0.15) is 0 Å². The Kier molecular flexibility index (Phi) is 7.02. The summed E-state index contributed by atoms with van der Waals surface area (Å²) in [6, 6.07) is 7.09. The molecule has 7 heteroatoms. The van der Waals surface area contributed by atoms with Crippen LogP contribution in [0, 0.1) is 0 Å². The second kappa shape index (κ2) is 9.24. The average molecular weight is 350 g/mol. The van der Waals surface area contributed by atoms with E-state index < -0.39 is 0 Å². The van der Waals surface area contributed by atoms with Gasteiger partial charge in [-0.3, -0.25) is 0 Å². The number of methoxy groups -OCH3 is 1. The Hall–Kier alpha value is -2.12. The van der Waals surface area contributed by atoms with E-state index in [-0.39, 0.29) is 12.0 Å². The molecule has 0 fully saturated rings. The number of amides is 2. The summed E-state index contributed by atoms with van der Waals surface area (Å²) in [6.45, 7) is 3.43. The molecule has 130 valence electrons. The molecular weight excluding hydrogens is 328 g/mol. The van der Waals surface area contributed by atoms with Gasteiger partial charge in [0.2, 0.25) is 0 Å². The maximum atomic E-state index is 11.9. The van der Waals surface area contributed by atoms with Gasteiger partial charge in [-0.15, -0.1) is 11.3 Å². The number of rotatable bonds is 8. The van der Waals surface area contributed by atoms with E-state index in [1.165, 1.54) is 11.3 Å². The number of ether oxygens (including phenoxy) is 2. The highest BCUT2D eigenvalue weighted by Crippen LogP contribution is 2.28. The minimum atomic E-state index is -0.318. The van der Waals surface area contributed by atoms with Crippen LogP contribution in [-0.4, -0.2) is 38.9 Å². The molecule has 2 aromatic rings. The molecule has 0 radical (unpaired) electrons. The van der Waals surface area contributed by atoms with Gasteiger partial charge in [0.15, 0.2) is 0 Å². The Balaban J connectivity index is 1.92. The van der Waals surface area contributed by atoms with Crippen LogP contribution in [-0.2, 0) is 9.47 Å². The number of carbonyl (C=O) groups excluding carboxylic acids is 2. The van der Waals surface area contributed by atoms with Crippen LogP contribution in [0.3, 0.4) is 0 Å². The summed E-state index contributed by atoms with van der Waals surface area (Å²) >= 11 is 1.38. The van der Waals surface area contributed by atoms with E-state index in [4.69, 9.17) is 9.47 Å². The van der Waals surface area contributed by atoms with Crippen LogP contribution in [0.4, 0.5) is 10.5 Å². The molecule has 0 aliphatic heterocycles. The van der Waals surface area contributed by atoms with Crippen molar-refractivity contribution in [1.82, 2.24) is 5.32 Å². The molecule has 6 nitrogen and oxygen atoms in total. The third-order valence-electron chi connectivity index (χ3n) is 3.31. The molecule has 2 rings (SSSR count). The number of unbranched alkanes of at least 4 members (excludes halogenated alkanes) is 1. The number of benzene rings is 1. The van der Waals surface area contributed by atoms with E-state index in [0.29, 0.717) is 30.3 Å². The third-order valence-corrected chi connectivity index (χ3v) is 4.41. The van der Waals surface area contributed by atoms with Crippen molar-refractivity contribution in [2.45, 2.75) is 19.8 Å². The fraction of sp³-hybridized carbons (Fsp3) is 0.412. The number of esters is 1. The summed E-state index contributed by atoms with van der Waals surface area (Å²) in [5.74, 6) is -0.318. The standard InChI is InChI=1S/C17H22N2O4S/c1-3-23-16(20)15-11-12-10-13(6-7-14(12)24-15)19-17(21)18-8-4-5-9-22-2/h6-7,10-11H,3-5,8-9H2,1-2H3,(H2,18,19,21). The lowest BCUT2D eigenvalue weighted by Crippen LogP contribution is -2.29. The van der Waals surface area contributed by atoms with E-state index in [2.05, 4.69) is 10.6 Å². The van der Waals surface area contributed by atoms with E-state index in [9.17, 15) is 9.59 Å². The van der Waals surface area contributed by atoms with Gasteiger partial charge in [-0.25, -0.2) is 9.59 Å². The van der Waals surface area contributed by atoms with Crippen LogP contribution in [0.15, 0.2) is 24.3 Å². The Morgan fingerprint density at radius 2 is 2.04 bits per heavy atom. The topological polar surface area (TPSA) is 76.7 Å². The molecule has 0 saturated carbocycles. The maximum absolute atomic E-state index is 11.9. The normalized spacial score (nSPS) is 10.6. The van der Waals surface area contributed by atoms with Gasteiger partial charge in [0.05, 0.1) is 6.61 Å². The summed E-state index contributed by atoms with van der Waals surface area (Å²) in [6.07, 6.45) is 1.78. The van der Waals surface area contributed by atoms with E-state index in [1.807, 2.05) is 18.2 Å². The van der Waals surface area contributed by atoms with Gasteiger partial charge >= 0.3 is 12.0 Å². The maximum Gasteiger partial charge on any atom is 0.348 e. The largest absolute Gasteiger partial charge is 0.462 e. The smallest absolute Gasteiger partial charge is 0.348 e. The monoisotopic (exact) mass is 350 g/mol. The molecule has 0 aliphatic rings. The minimum absolute atomic E-state index is 0.243. The van der Waals surface area contributed by atoms with Crippen LogP contribution in [0.1, 0.15) is 29.4 Å². The van der Waals surface area contributed by atoms with Crippen LogP contribution in [0.5, 0.6) is 0 Å². The number of urea groups is 1. The van der Waals surface area contributed by atoms with Crippen molar-refractivity contribution in [2.75, 3.05) is 32.2 Å². The first-order chi connectivity index (χ1) is 11.6. The molecule has 0 bridgehead atoms. The Labute approximate surface area is 145 Å². The van der Waals surface area contributed by atoms with Crippen LogP contribution >= 0.6 is 11.3 Å². The zero-order valence-corrected chi connectivity index (χ0v) is 14.7. The Morgan fingerprint density at radius 3 is 2.79 bits per heavy atom. The lowest BCUT2D eigenvalue weighted by molar-refractivity contribution is 0.0532. The van der Waals surface area contributed by atoms with Crippen LogP contribution < -0.4 is 10.6 Å². The highest BCUT2D eigenvalue weighted by Gasteiger charge is 2.11. The molecule has 2 N–H and O–H groups in total. The molecule has 0 saturated heterocycles. The highest BCUT2D eigenvalue weighted by molar-refractivity contribution is 7.20. The molecule has 24 heavy (non-hydrogen) atoms. The van der Waals surface area contributed by atoms with Crippen molar-refractivity contribution >= 4 is 39.1 Å². The van der Waals surface area contributed by atoms with Crippen molar-refractivity contribution < 1.29 is 19.1 Å². The molecule has 0 aliphatic carbocycles. The SMILES string of the molecule is CCOC(=O)c1cc2cc(NC(=O)NCCCCOC)ccc2s1. The van der Waals surface area contributed by atoms with E-state index in [0.717, 1.165) is 22.9 Å². The third kappa shape index (κ3) is 5.21. The first kappa shape index (κ1) is 18.2. The number of thiophene rings is 1. The molecule has 1 aromatic heterocycles. The molecule has 1 aromatic carbocycles. The van der Waals surface area contributed by atoms with Gasteiger partial charge in [-0.1, -0.05) is 0 Å². The number of nitrogens with one attached hydrogen (secondary N) is 2. The first-order valence-electron chi connectivity index (χ1n) is 7.88. The second-order valence-corrected chi connectivity index (χ2v) is 6.25. The Morgan fingerprint density at radius 1 is 1.21 bits per heavy atom. The second-order valence-electron chi connectivity index (χ2n) is 5.16. The first-order valence-corrected chi connectivity index (χ1v) is 8.70. The van der Waals surface area contributed by atoms with Crippen LogP contribution in [0.25, 0.3) is 10.1 Å². The van der Waals surface area contributed by atoms with Crippen LogP contribution in [0.2, 0.25) is 0 Å². The number of fused-ring (bicyclic) bond motifs is 1. The van der Waals surface area contributed by atoms with E-state index in [1.54, 1.807) is 20.1 Å². The van der Waals surface area contributed by atoms with Gasteiger partial charge in [0.25, 0.3) is 0 Å². The van der Waals surface area contributed by atoms with Gasteiger partial charge in [0, 0.05) is 30.6 Å². The molecule has 2 amide bonds. The minimum Gasteiger partial charge on any atom is -0.462 e. The van der Waals surface area contributed by atoms with Crippen molar-refractivity contribution in [3.05, 3.63) is 29.1 Å². The zero-order chi connectivity index (χ0) is 17.4. The highest BCUT2D eigenvalue weighted by atomic mass is 32.1. The van der Waals surface area contributed by atoms with Gasteiger partial charge in [-0.05, 0) is 49.4 Å². The summed E-state index contributed by atoms with van der Waals surface area (Å²) in [7, 11) is 1.66. The number of anilines is 1. The fourth-order valence-corrected chi connectivity index (χ4v) is 3.11. The van der Waals surface area contributed by atoms with Crippen molar-refractivity contribution in [2.24, 2.45) is 0 Å². The summed E-state index contributed by atoms with van der Waals surface area (Å²) in [4.78, 5) is 24.2. The predicted molar refractivity (Wildman–Crippen MR) is 95.9 cm³/mol. The van der Waals surface area contributed by atoms with Crippen molar-refractivity contribution in [1.29, 1.82) is 0 Å². The molecule has 0 atom stereocenters. The predicted octanol–water partition coefficient (Wildman–Crippen LogP) is 3.63.